The first-order valence-corrected chi connectivity index (χ1v) is 39.1. The van der Waals surface area contributed by atoms with Crippen LogP contribution in [0, 0.1) is 45.7 Å². The molecule has 4 amide bonds. The Morgan fingerprint density at radius 2 is 1.15 bits per heavy atom. The number of nitrogens with zero attached hydrogens (tertiary/aromatic N) is 12. The Kier molecular flexibility index (Phi) is 27.7. The van der Waals surface area contributed by atoms with Crippen molar-refractivity contribution in [3.05, 3.63) is 166 Å². The van der Waals surface area contributed by atoms with Crippen LogP contribution in [0.25, 0.3) is 11.1 Å². The van der Waals surface area contributed by atoms with Crippen molar-refractivity contribution in [1.82, 2.24) is 44.0 Å². The number of carbonyl (C=O) groups is 5. The van der Waals surface area contributed by atoms with E-state index in [0.717, 1.165) is 23.3 Å². The Balaban J connectivity index is 0.000000192. The van der Waals surface area contributed by atoms with E-state index in [0.29, 0.717) is 117 Å². The van der Waals surface area contributed by atoms with Gasteiger partial charge in [0.2, 0.25) is 15.7 Å². The van der Waals surface area contributed by atoms with Gasteiger partial charge in [-0.3, -0.25) is 52.4 Å². The minimum Gasteiger partial charge on any atom is -0.507 e. The minimum absolute atomic E-state index is 0.00657. The molecule has 0 unspecified atom stereocenters. The number of rotatable bonds is 27. The van der Waals surface area contributed by atoms with E-state index in [1.807, 2.05) is 53.1 Å². The maximum absolute atomic E-state index is 15.0. The van der Waals surface area contributed by atoms with Gasteiger partial charge in [-0.05, 0) is 125 Å². The van der Waals surface area contributed by atoms with Crippen LogP contribution < -0.4 is 22.5 Å². The molecule has 1 saturated carbocycles. The summed E-state index contributed by atoms with van der Waals surface area (Å²) in [7, 11) is -6.89. The van der Waals surface area contributed by atoms with Gasteiger partial charge in [-0.25, -0.2) is 12.8 Å². The number of sulfone groups is 1. The van der Waals surface area contributed by atoms with Crippen LogP contribution in [0.1, 0.15) is 163 Å². The number of nitrogens with two attached hydrogens (primary N) is 3. The number of methoxy groups -OCH3 is 1. The lowest BCUT2D eigenvalue weighted by Crippen LogP contribution is -2.58. The summed E-state index contributed by atoms with van der Waals surface area (Å²) in [6.07, 6.45) is 6.07. The largest absolute Gasteiger partial charge is 0.507 e. The third-order valence-corrected chi connectivity index (χ3v) is 24.7. The van der Waals surface area contributed by atoms with Crippen LogP contribution in [-0.4, -0.2) is 165 Å². The molecule has 7 aromatic rings. The maximum Gasteiger partial charge on any atom is 0.394 e. The number of hydrogen-bond acceptors (Lipinski definition) is 20. The number of carbonyl (C=O) groups excluding carboxylic acids is 5. The van der Waals surface area contributed by atoms with Gasteiger partial charge in [0, 0.05) is 94.4 Å². The van der Waals surface area contributed by atoms with Crippen LogP contribution in [-0.2, 0) is 80.2 Å². The fraction of sp³-hybridized carbons (Fsp3) is 0.461. The number of ether oxygens (including phenoxy) is 1. The maximum atomic E-state index is 15.0. The fourth-order valence-corrected chi connectivity index (χ4v) is 16.9. The number of halogens is 6. The number of benzene rings is 4. The van der Waals surface area contributed by atoms with E-state index < -0.39 is 86.3 Å². The van der Waals surface area contributed by atoms with Crippen molar-refractivity contribution in [2.45, 2.75) is 163 Å². The van der Waals surface area contributed by atoms with Crippen LogP contribution in [0.2, 0.25) is 0 Å². The average Bonchev–Trinajstić information content (AvgIpc) is 1.72. The number of nitriles is 3. The molecular weight excluding hydrogens is 1490 g/mol. The first kappa shape index (κ1) is 84.7. The number of piperidine rings is 2. The molecule has 0 spiro atoms. The molecular formula is C76H88F6N15O12PS. The number of primary amides is 3. The molecule has 4 aromatic carbocycles. The second kappa shape index (κ2) is 36.3. The van der Waals surface area contributed by atoms with Gasteiger partial charge in [0.15, 0.2) is 0 Å². The minimum atomic E-state index is -4.70. The van der Waals surface area contributed by atoms with Gasteiger partial charge in [-0.2, -0.15) is 53.0 Å². The lowest BCUT2D eigenvalue weighted by atomic mass is 9.76. The van der Waals surface area contributed by atoms with Gasteiger partial charge >= 0.3 is 25.5 Å². The van der Waals surface area contributed by atoms with Gasteiger partial charge < -0.3 is 41.0 Å². The molecule has 0 bridgehead atoms. The Morgan fingerprint density at radius 1 is 0.676 bits per heavy atom. The van der Waals surface area contributed by atoms with Crippen LogP contribution in [0.3, 0.4) is 0 Å². The van der Waals surface area contributed by atoms with E-state index in [1.165, 1.54) is 37.6 Å². The molecule has 4 aliphatic rings. The topological polar surface area (TPSA) is 397 Å². The molecule has 11 rings (SSSR count). The van der Waals surface area contributed by atoms with Crippen molar-refractivity contribution >= 4 is 52.3 Å². The number of phenolic OH excluding ortho intramolecular Hbond substituents is 1. The molecule has 3 aromatic heterocycles. The summed E-state index contributed by atoms with van der Waals surface area (Å²) < 4.78 is 136. The van der Waals surface area contributed by atoms with Crippen molar-refractivity contribution in [2.24, 2.45) is 23.1 Å². The second-order valence-corrected chi connectivity index (χ2v) is 31.8. The van der Waals surface area contributed by atoms with E-state index in [9.17, 15) is 78.9 Å². The number of aromatic nitrogens is 6. The van der Waals surface area contributed by atoms with E-state index in [2.05, 4.69) is 27.1 Å². The van der Waals surface area contributed by atoms with Gasteiger partial charge in [-0.1, -0.05) is 61.5 Å². The van der Waals surface area contributed by atoms with E-state index >= 15 is 0 Å². The van der Waals surface area contributed by atoms with Gasteiger partial charge in [0.05, 0.1) is 124 Å². The standard InChI is InChI=1S/C27H35F3N5O4P.C27H28FN5O4.C22H25F2N5O4S/c1-3-38-40(37,39-4-2)22-7-5-19(6-8-22)15-24-23(25(32)36)18-35(33-24)26(13-14-31)11-9-21(10-12-26)34-16-20(17-34)27(28,29)30;1-37-25(35)15-23-21(26(30)36)17-33(31-23)27(7-10-29)8-11-32(12-9-27)16-19-13-24(34)20(14-22(19)28)18-5-3-2-4-6-18;1-2-22(8-11-28(12-9-22)19(30)7-10-25)29-14-17(20(26)31)18(27-29)13-15-3-5-16(6-4-15)34(32,33)21(23)24/h5-8,18,20-21H,3-4,9-13,15-17H2,1-2H3,(H2,32,36);2-6,13-14,17,34H,7-9,11-12,15-16H2,1H3,(H2,30,36);3-6,14,21H,2,7-9,11-13H2,1H3,(H2,26,31). The zero-order valence-electron chi connectivity index (χ0n) is 61.8. The molecule has 27 nitrogen and oxygen atoms in total. The SMILES string of the molecule is CCC1(n2cc(C(N)=O)c(Cc3ccc(S(=O)(=O)C(F)F)cc3)n2)CCN(C(=O)CC#N)CC1.CCOP(=O)(OCC)c1ccc(Cc2nn(C3(CC#N)CCC(N4CC(C(F)(F)F)C4)CC3)cc2C(N)=O)cc1.COC(=O)Cc1nn(C2(CC#N)CCN(Cc3cc(O)c(-c4ccccc4)cc3F)CC2)cc1C(N)=O. The normalized spacial score (nSPS) is 18.0. The first-order valence-electron chi connectivity index (χ1n) is 36.1. The van der Waals surface area contributed by atoms with Crippen molar-refractivity contribution in [1.29, 1.82) is 15.8 Å². The van der Waals surface area contributed by atoms with E-state index in [1.54, 1.807) is 69.5 Å². The second-order valence-electron chi connectivity index (χ2n) is 27.9. The molecule has 111 heavy (non-hydrogen) atoms. The highest BCUT2D eigenvalue weighted by atomic mass is 32.2. The van der Waals surface area contributed by atoms with Crippen molar-refractivity contribution in [3.63, 3.8) is 0 Å². The Morgan fingerprint density at radius 3 is 1.61 bits per heavy atom. The van der Waals surface area contributed by atoms with Gasteiger partial charge in [0.1, 0.15) is 18.0 Å². The number of esters is 1. The predicted octanol–water partition coefficient (Wildman–Crippen LogP) is 9.83. The Labute approximate surface area is 638 Å². The van der Waals surface area contributed by atoms with Gasteiger partial charge in [0.25, 0.3) is 17.7 Å². The van der Waals surface area contributed by atoms with Crippen LogP contribution in [0.5, 0.6) is 5.75 Å². The van der Waals surface area contributed by atoms with E-state index in [-0.39, 0.29) is 111 Å². The molecule has 3 aliphatic heterocycles. The summed E-state index contributed by atoms with van der Waals surface area (Å²) in [5.74, 6) is -8.00. The van der Waals surface area contributed by atoms with Crippen molar-refractivity contribution in [3.8, 4) is 35.1 Å². The summed E-state index contributed by atoms with van der Waals surface area (Å²) in [4.78, 5) is 65.3. The summed E-state index contributed by atoms with van der Waals surface area (Å²) >= 11 is 0. The Hall–Kier alpha value is -10.3. The van der Waals surface area contributed by atoms with Crippen LogP contribution in [0.4, 0.5) is 26.3 Å². The lowest BCUT2D eigenvalue weighted by molar-refractivity contribution is -0.215. The quantitative estimate of drug-likeness (QED) is 0.0211. The third-order valence-electron chi connectivity index (χ3n) is 21.2. The number of alkyl halides is 5. The van der Waals surface area contributed by atoms with Gasteiger partial charge in [-0.15, -0.1) is 0 Å². The summed E-state index contributed by atoms with van der Waals surface area (Å²) in [5, 5.41) is 52.7. The lowest BCUT2D eigenvalue weighted by Gasteiger charge is -2.49. The highest BCUT2D eigenvalue weighted by Gasteiger charge is 2.51. The molecule has 35 heteroatoms. The predicted molar refractivity (Wildman–Crippen MR) is 392 cm³/mol. The number of hydrogen-bond donors (Lipinski definition) is 4. The first-order chi connectivity index (χ1) is 52.7. The molecule has 0 atom stereocenters. The molecule has 4 fully saturated rings. The third kappa shape index (κ3) is 19.7. The highest BCUT2D eigenvalue weighted by Crippen LogP contribution is 2.48. The molecule has 0 radical (unpaired) electrons. The molecule has 3 saturated heterocycles. The number of likely N-dealkylation sites (tertiary alicyclic amines) is 3. The van der Waals surface area contributed by atoms with Crippen LogP contribution in [0.15, 0.2) is 114 Å². The smallest absolute Gasteiger partial charge is 0.394 e. The van der Waals surface area contributed by atoms with Crippen molar-refractivity contribution in [2.75, 3.05) is 59.6 Å². The molecule has 1 aliphatic carbocycles. The number of amides is 4. The van der Waals surface area contributed by atoms with Crippen LogP contribution >= 0.6 is 7.60 Å². The summed E-state index contributed by atoms with van der Waals surface area (Å²) in [6, 6.07) is 30.1. The Bertz CT molecular complexity index is 4770. The number of phenols is 1. The molecule has 6 heterocycles. The summed E-state index contributed by atoms with van der Waals surface area (Å²) in [5.41, 5.74) is 19.4. The summed E-state index contributed by atoms with van der Waals surface area (Å²) in [6.45, 7) is 8.21. The zero-order chi connectivity index (χ0) is 80.8. The van der Waals surface area contributed by atoms with E-state index in [4.69, 9.17) is 36.6 Å². The fourth-order valence-electron chi connectivity index (χ4n) is 14.6. The zero-order valence-corrected chi connectivity index (χ0v) is 63.5. The molecule has 7 N–H and O–H groups in total. The highest BCUT2D eigenvalue weighted by molar-refractivity contribution is 7.91. The number of aromatic hydroxyl groups is 1. The molecule has 592 valence electrons. The van der Waals surface area contributed by atoms with Crippen molar-refractivity contribution < 1.29 is 82.2 Å². The average molecular weight is 1580 g/mol. The monoisotopic (exact) mass is 1580 g/mol.